The van der Waals surface area contributed by atoms with Crippen LogP contribution in [0.2, 0.25) is 5.02 Å². The van der Waals surface area contributed by atoms with Crippen LogP contribution >= 0.6 is 11.6 Å². The maximum absolute atomic E-state index is 6.28. The lowest BCUT2D eigenvalue weighted by atomic mass is 10.1. The molecule has 2 heterocycles. The van der Waals surface area contributed by atoms with Gasteiger partial charge in [0.05, 0.1) is 6.20 Å². The molecule has 1 aromatic heterocycles. The fraction of sp³-hybridized carbons (Fsp3) is 0.357. The molecule has 4 nitrogen and oxygen atoms in total. The van der Waals surface area contributed by atoms with E-state index in [1.807, 2.05) is 36.3 Å². The van der Waals surface area contributed by atoms with Gasteiger partial charge >= 0.3 is 0 Å². The van der Waals surface area contributed by atoms with Gasteiger partial charge in [0.2, 0.25) is 0 Å². The van der Waals surface area contributed by atoms with Crippen LogP contribution in [0.4, 0.5) is 0 Å². The summed E-state index contributed by atoms with van der Waals surface area (Å²) in [6.45, 7) is 2.31. The lowest BCUT2D eigenvalue weighted by molar-refractivity contribution is 0.211. The van der Waals surface area contributed by atoms with Crippen molar-refractivity contribution in [2.75, 3.05) is 6.54 Å². The minimum atomic E-state index is 0.244. The van der Waals surface area contributed by atoms with Crippen LogP contribution in [-0.2, 0) is 20.1 Å². The molecule has 1 aromatic carbocycles. The van der Waals surface area contributed by atoms with Crippen molar-refractivity contribution in [1.29, 1.82) is 0 Å². The van der Waals surface area contributed by atoms with Gasteiger partial charge in [0.15, 0.2) is 0 Å². The first-order valence-electron chi connectivity index (χ1n) is 6.38. The molecule has 1 atom stereocenters. The first-order valence-corrected chi connectivity index (χ1v) is 6.75. The number of aromatic nitrogens is 2. The zero-order chi connectivity index (χ0) is 13.4. The molecule has 0 radical (unpaired) electrons. The largest absolute Gasteiger partial charge is 0.329 e. The molecule has 0 bridgehead atoms. The van der Waals surface area contributed by atoms with Crippen molar-refractivity contribution in [3.05, 3.63) is 52.3 Å². The second-order valence-corrected chi connectivity index (χ2v) is 5.39. The number of halogens is 1. The molecule has 19 heavy (non-hydrogen) atoms. The molecule has 1 aliphatic heterocycles. The van der Waals surface area contributed by atoms with Gasteiger partial charge in [0, 0.05) is 49.5 Å². The van der Waals surface area contributed by atoms with Crippen LogP contribution in [0.3, 0.4) is 0 Å². The van der Waals surface area contributed by atoms with Crippen LogP contribution in [0.15, 0.2) is 30.6 Å². The topological polar surface area (TPSA) is 47.1 Å². The van der Waals surface area contributed by atoms with Crippen molar-refractivity contribution in [2.24, 2.45) is 12.8 Å². The maximum Gasteiger partial charge on any atom is 0.0534 e. The van der Waals surface area contributed by atoms with E-state index in [-0.39, 0.29) is 6.04 Å². The molecule has 0 aliphatic carbocycles. The molecule has 0 saturated heterocycles. The predicted octanol–water partition coefficient (Wildman–Crippen LogP) is 2.09. The predicted molar refractivity (Wildman–Crippen MR) is 75.7 cm³/mol. The smallest absolute Gasteiger partial charge is 0.0534 e. The van der Waals surface area contributed by atoms with Gasteiger partial charge in [-0.25, -0.2) is 0 Å². The summed E-state index contributed by atoms with van der Waals surface area (Å²) in [4.78, 5) is 2.35. The zero-order valence-electron chi connectivity index (χ0n) is 10.9. The van der Waals surface area contributed by atoms with E-state index in [9.17, 15) is 0 Å². The van der Waals surface area contributed by atoms with Crippen LogP contribution in [0, 0.1) is 0 Å². The molecular formula is C14H17ClN4. The Bertz CT molecular complexity index is 593. The highest BCUT2D eigenvalue weighted by molar-refractivity contribution is 6.31. The van der Waals surface area contributed by atoms with Crippen molar-refractivity contribution in [3.63, 3.8) is 0 Å². The summed E-state index contributed by atoms with van der Waals surface area (Å²) in [5.74, 6) is 0. The summed E-state index contributed by atoms with van der Waals surface area (Å²) in [5.41, 5.74) is 9.62. The summed E-state index contributed by atoms with van der Waals surface area (Å²) in [7, 11) is 1.93. The molecular weight excluding hydrogens is 260 g/mol. The highest BCUT2D eigenvalue weighted by atomic mass is 35.5. The Hall–Kier alpha value is -1.36. The molecule has 0 amide bonds. The van der Waals surface area contributed by atoms with Crippen LogP contribution in [-0.4, -0.2) is 21.2 Å². The van der Waals surface area contributed by atoms with E-state index >= 15 is 0 Å². The van der Waals surface area contributed by atoms with Crippen molar-refractivity contribution in [2.45, 2.75) is 19.1 Å². The van der Waals surface area contributed by atoms with E-state index in [0.717, 1.165) is 18.1 Å². The number of nitrogens with two attached hydrogens (primary N) is 1. The van der Waals surface area contributed by atoms with Crippen molar-refractivity contribution < 1.29 is 0 Å². The summed E-state index contributed by atoms with van der Waals surface area (Å²) in [6.07, 6.45) is 3.94. The Labute approximate surface area is 117 Å². The first kappa shape index (κ1) is 12.7. The maximum atomic E-state index is 6.28. The van der Waals surface area contributed by atoms with Gasteiger partial charge in [-0.2, -0.15) is 5.10 Å². The van der Waals surface area contributed by atoms with Gasteiger partial charge in [-0.3, -0.25) is 9.58 Å². The molecule has 0 spiro atoms. The number of aryl methyl sites for hydroxylation is 1. The van der Waals surface area contributed by atoms with E-state index in [0.29, 0.717) is 6.54 Å². The third kappa shape index (κ3) is 2.27. The average molecular weight is 277 g/mol. The van der Waals surface area contributed by atoms with Gasteiger partial charge < -0.3 is 5.73 Å². The highest BCUT2D eigenvalue weighted by Gasteiger charge is 2.30. The van der Waals surface area contributed by atoms with Crippen LogP contribution in [0.1, 0.15) is 22.7 Å². The lowest BCUT2D eigenvalue weighted by Crippen LogP contribution is -2.27. The SMILES string of the molecule is Cn1cc(CN2Cc3c(Cl)cccc3C2CN)cn1. The van der Waals surface area contributed by atoms with Crippen LogP contribution in [0.25, 0.3) is 0 Å². The van der Waals surface area contributed by atoms with E-state index in [4.69, 9.17) is 17.3 Å². The fourth-order valence-electron chi connectivity index (χ4n) is 2.79. The number of hydrogen-bond donors (Lipinski definition) is 1. The lowest BCUT2D eigenvalue weighted by Gasteiger charge is -2.22. The standard InChI is InChI=1S/C14H17ClN4/c1-18-7-10(6-17-18)8-19-9-12-11(14(19)5-16)3-2-4-13(12)15/h2-4,6-7,14H,5,8-9,16H2,1H3. The number of hydrogen-bond acceptors (Lipinski definition) is 3. The molecule has 100 valence electrons. The molecule has 3 rings (SSSR count). The van der Waals surface area contributed by atoms with Gasteiger partial charge in [0.1, 0.15) is 0 Å². The quantitative estimate of drug-likeness (QED) is 0.934. The van der Waals surface area contributed by atoms with Crippen LogP contribution < -0.4 is 5.73 Å². The molecule has 1 unspecified atom stereocenters. The summed E-state index contributed by atoms with van der Waals surface area (Å²) >= 11 is 6.28. The fourth-order valence-corrected chi connectivity index (χ4v) is 3.04. The molecule has 2 N–H and O–H groups in total. The third-order valence-electron chi connectivity index (χ3n) is 3.68. The Morgan fingerprint density at radius 2 is 2.32 bits per heavy atom. The second kappa shape index (κ2) is 4.96. The van der Waals surface area contributed by atoms with E-state index in [2.05, 4.69) is 16.1 Å². The number of nitrogens with zero attached hydrogens (tertiary/aromatic N) is 3. The van der Waals surface area contributed by atoms with Crippen molar-refractivity contribution >= 4 is 11.6 Å². The second-order valence-electron chi connectivity index (χ2n) is 4.99. The normalized spacial score (nSPS) is 18.8. The number of fused-ring (bicyclic) bond motifs is 1. The summed E-state index contributed by atoms with van der Waals surface area (Å²) in [5, 5.41) is 5.05. The van der Waals surface area contributed by atoms with E-state index in [1.165, 1.54) is 16.7 Å². The summed E-state index contributed by atoms with van der Waals surface area (Å²) in [6, 6.07) is 6.31. The van der Waals surface area contributed by atoms with Crippen molar-refractivity contribution in [3.8, 4) is 0 Å². The van der Waals surface area contributed by atoms with Crippen molar-refractivity contribution in [1.82, 2.24) is 14.7 Å². The summed E-state index contributed by atoms with van der Waals surface area (Å²) < 4.78 is 1.82. The minimum Gasteiger partial charge on any atom is -0.329 e. The Morgan fingerprint density at radius 3 is 3.00 bits per heavy atom. The Balaban J connectivity index is 1.87. The first-order chi connectivity index (χ1) is 9.19. The third-order valence-corrected chi connectivity index (χ3v) is 4.04. The zero-order valence-corrected chi connectivity index (χ0v) is 11.6. The molecule has 0 saturated carbocycles. The number of rotatable bonds is 3. The monoisotopic (exact) mass is 276 g/mol. The molecule has 5 heteroatoms. The van der Waals surface area contributed by atoms with Gasteiger partial charge in [-0.1, -0.05) is 23.7 Å². The van der Waals surface area contributed by atoms with Crippen LogP contribution in [0.5, 0.6) is 0 Å². The van der Waals surface area contributed by atoms with Gasteiger partial charge in [0.25, 0.3) is 0 Å². The van der Waals surface area contributed by atoms with E-state index < -0.39 is 0 Å². The molecule has 1 aliphatic rings. The average Bonchev–Trinajstić information content (AvgIpc) is 2.94. The Kier molecular flexibility index (Phi) is 3.31. The van der Waals surface area contributed by atoms with Gasteiger partial charge in [-0.15, -0.1) is 0 Å². The Morgan fingerprint density at radius 1 is 1.47 bits per heavy atom. The van der Waals surface area contributed by atoms with E-state index in [1.54, 1.807) is 0 Å². The number of benzene rings is 1. The van der Waals surface area contributed by atoms with Gasteiger partial charge in [-0.05, 0) is 17.2 Å². The molecule has 2 aromatic rings. The highest BCUT2D eigenvalue weighted by Crippen LogP contribution is 2.37. The molecule has 0 fully saturated rings. The minimum absolute atomic E-state index is 0.244.